The van der Waals surface area contributed by atoms with Crippen LogP contribution in [-0.4, -0.2) is 44.2 Å². The Kier molecular flexibility index (Phi) is 6.83. The minimum atomic E-state index is -1.16. The number of carbonyl (C=O) groups excluding carboxylic acids is 2. The van der Waals surface area contributed by atoms with Crippen molar-refractivity contribution in [3.8, 4) is 17.2 Å². The first-order valence-electron chi connectivity index (χ1n) is 12.3. The molecule has 3 aromatic carbocycles. The van der Waals surface area contributed by atoms with Gasteiger partial charge in [-0.05, 0) is 42.3 Å². The van der Waals surface area contributed by atoms with E-state index in [1.54, 1.807) is 30.3 Å². The van der Waals surface area contributed by atoms with Crippen molar-refractivity contribution in [1.82, 2.24) is 0 Å². The summed E-state index contributed by atoms with van der Waals surface area (Å²) in [4.78, 5) is 45.9. The van der Waals surface area contributed by atoms with Crippen molar-refractivity contribution in [3.05, 3.63) is 81.9 Å². The van der Waals surface area contributed by atoms with Crippen molar-refractivity contribution < 1.29 is 33.6 Å². The Labute approximate surface area is 224 Å². The van der Waals surface area contributed by atoms with Crippen LogP contribution in [0.1, 0.15) is 24.1 Å². The zero-order valence-electron chi connectivity index (χ0n) is 21.8. The number of hydrogen-bond acceptors (Lipinski definition) is 9. The zero-order chi connectivity index (χ0) is 27.8. The number of methoxy groups -OCH3 is 3. The highest BCUT2D eigenvalue weighted by Gasteiger charge is 2.61. The molecule has 2 amide bonds. The van der Waals surface area contributed by atoms with Gasteiger partial charge in [0.2, 0.25) is 11.7 Å². The van der Waals surface area contributed by atoms with Gasteiger partial charge in [-0.25, -0.2) is 9.96 Å². The first kappa shape index (κ1) is 26.0. The number of imide groups is 1. The summed E-state index contributed by atoms with van der Waals surface area (Å²) in [7, 11) is 4.40. The maximum Gasteiger partial charge on any atom is 0.271 e. The number of hydroxylamine groups is 1. The summed E-state index contributed by atoms with van der Waals surface area (Å²) < 4.78 is 16.7. The van der Waals surface area contributed by atoms with Crippen molar-refractivity contribution in [1.29, 1.82) is 0 Å². The monoisotopic (exact) mass is 533 g/mol. The van der Waals surface area contributed by atoms with Gasteiger partial charge in [0, 0.05) is 17.7 Å². The van der Waals surface area contributed by atoms with E-state index < -0.39 is 34.8 Å². The Morgan fingerprint density at radius 2 is 1.62 bits per heavy atom. The summed E-state index contributed by atoms with van der Waals surface area (Å²) in [6.07, 6.45) is -0.346. The molecular weight excluding hydrogens is 506 g/mol. The average molecular weight is 534 g/mol. The second-order valence-electron chi connectivity index (χ2n) is 9.05. The van der Waals surface area contributed by atoms with Crippen LogP contribution in [0.2, 0.25) is 0 Å². The summed E-state index contributed by atoms with van der Waals surface area (Å²) in [6.45, 7) is 2.02. The van der Waals surface area contributed by atoms with E-state index in [0.29, 0.717) is 28.4 Å². The number of carbonyl (C=O) groups is 2. The molecular formula is C28H27N3O8. The fraction of sp³-hybridized carbons (Fsp3) is 0.286. The quantitative estimate of drug-likeness (QED) is 0.238. The lowest BCUT2D eigenvalue weighted by atomic mass is 9.89. The summed E-state index contributed by atoms with van der Waals surface area (Å²) in [5.41, 5.74) is 2.14. The Morgan fingerprint density at radius 3 is 2.23 bits per heavy atom. The van der Waals surface area contributed by atoms with E-state index in [1.807, 2.05) is 19.1 Å². The van der Waals surface area contributed by atoms with Gasteiger partial charge in [-0.3, -0.25) is 24.5 Å². The van der Waals surface area contributed by atoms with Crippen LogP contribution < -0.4 is 24.2 Å². The maximum atomic E-state index is 14.0. The van der Waals surface area contributed by atoms with E-state index in [1.165, 1.54) is 44.6 Å². The normalized spacial score (nSPS) is 20.3. The van der Waals surface area contributed by atoms with Crippen molar-refractivity contribution in [2.45, 2.75) is 25.5 Å². The van der Waals surface area contributed by atoms with Crippen LogP contribution in [0.25, 0.3) is 0 Å². The molecule has 202 valence electrons. The van der Waals surface area contributed by atoms with E-state index in [2.05, 4.69) is 0 Å². The first-order chi connectivity index (χ1) is 18.8. The predicted molar refractivity (Wildman–Crippen MR) is 141 cm³/mol. The second kappa shape index (κ2) is 10.3. The van der Waals surface area contributed by atoms with Crippen LogP contribution in [0.3, 0.4) is 0 Å². The van der Waals surface area contributed by atoms with Crippen LogP contribution in [0.4, 0.5) is 17.1 Å². The third-order valence-corrected chi connectivity index (χ3v) is 7.07. The minimum Gasteiger partial charge on any atom is -0.493 e. The summed E-state index contributed by atoms with van der Waals surface area (Å²) >= 11 is 0. The van der Waals surface area contributed by atoms with Crippen molar-refractivity contribution in [3.63, 3.8) is 0 Å². The molecule has 11 nitrogen and oxygen atoms in total. The number of hydrogen-bond donors (Lipinski definition) is 0. The molecule has 0 bridgehead atoms. The molecule has 2 heterocycles. The molecule has 2 aliphatic heterocycles. The largest absolute Gasteiger partial charge is 0.493 e. The molecule has 0 aromatic heterocycles. The average Bonchev–Trinajstić information content (AvgIpc) is 3.47. The number of nitro benzene ring substituents is 1. The van der Waals surface area contributed by atoms with Gasteiger partial charge in [0.25, 0.3) is 11.6 Å². The molecule has 3 aromatic rings. The lowest BCUT2D eigenvalue weighted by molar-refractivity contribution is -0.384. The Balaban J connectivity index is 1.66. The highest BCUT2D eigenvalue weighted by molar-refractivity contribution is 6.24. The Morgan fingerprint density at radius 1 is 0.897 bits per heavy atom. The molecule has 39 heavy (non-hydrogen) atoms. The zero-order valence-corrected chi connectivity index (χ0v) is 21.8. The molecule has 0 spiro atoms. The van der Waals surface area contributed by atoms with Crippen molar-refractivity contribution in [2.24, 2.45) is 5.92 Å². The predicted octanol–water partition coefficient (Wildman–Crippen LogP) is 4.23. The van der Waals surface area contributed by atoms with Crippen LogP contribution in [-0.2, 0) is 20.8 Å². The molecule has 0 N–H and O–H groups in total. The fourth-order valence-electron chi connectivity index (χ4n) is 5.19. The van der Waals surface area contributed by atoms with Gasteiger partial charge in [-0.1, -0.05) is 25.1 Å². The number of aryl methyl sites for hydroxylation is 1. The number of nitro groups is 1. The number of fused-ring (bicyclic) bond motifs is 1. The fourth-order valence-corrected chi connectivity index (χ4v) is 5.19. The van der Waals surface area contributed by atoms with Gasteiger partial charge < -0.3 is 14.2 Å². The molecule has 5 rings (SSSR count). The highest BCUT2D eigenvalue weighted by atomic mass is 16.7. The number of rotatable bonds is 8. The van der Waals surface area contributed by atoms with E-state index in [4.69, 9.17) is 19.0 Å². The van der Waals surface area contributed by atoms with E-state index in [0.717, 1.165) is 16.9 Å². The van der Waals surface area contributed by atoms with Gasteiger partial charge in [-0.2, -0.15) is 0 Å². The molecule has 0 unspecified atom stereocenters. The van der Waals surface area contributed by atoms with E-state index >= 15 is 0 Å². The van der Waals surface area contributed by atoms with Crippen LogP contribution in [0.5, 0.6) is 17.2 Å². The van der Waals surface area contributed by atoms with Crippen LogP contribution in [0.15, 0.2) is 60.7 Å². The number of nitrogens with zero attached hydrogens (tertiary/aromatic N) is 3. The van der Waals surface area contributed by atoms with Crippen LogP contribution in [0, 0.1) is 16.0 Å². The van der Waals surface area contributed by atoms with Crippen molar-refractivity contribution >= 4 is 28.9 Å². The number of amides is 2. The SMILES string of the molecule is CCc1ccc(N2C(=O)[C@H]3[C@@H](c4ccc(OC)c(OC)c4OC)N(c4cccc([N+](=O)[O-])c4)O[C@H]3C2=O)cc1. The van der Waals surface area contributed by atoms with Crippen LogP contribution >= 0.6 is 0 Å². The molecule has 2 aliphatic rings. The molecule has 2 fully saturated rings. The molecule has 0 radical (unpaired) electrons. The minimum absolute atomic E-state index is 0.165. The van der Waals surface area contributed by atoms with Gasteiger partial charge in [0.1, 0.15) is 12.0 Å². The third kappa shape index (κ3) is 4.20. The number of non-ortho nitro benzene ring substituents is 1. The molecule has 11 heteroatoms. The maximum absolute atomic E-state index is 14.0. The third-order valence-electron chi connectivity index (χ3n) is 7.07. The topological polar surface area (TPSA) is 121 Å². The number of anilines is 2. The Bertz CT molecular complexity index is 1440. The lowest BCUT2D eigenvalue weighted by Gasteiger charge is -2.30. The molecule has 2 saturated heterocycles. The smallest absolute Gasteiger partial charge is 0.271 e. The van der Waals surface area contributed by atoms with E-state index in [-0.39, 0.29) is 11.4 Å². The van der Waals surface area contributed by atoms with Gasteiger partial charge >= 0.3 is 0 Å². The van der Waals surface area contributed by atoms with Gasteiger partial charge in [0.15, 0.2) is 17.6 Å². The van der Waals surface area contributed by atoms with E-state index in [9.17, 15) is 19.7 Å². The van der Waals surface area contributed by atoms with Crippen molar-refractivity contribution in [2.75, 3.05) is 31.3 Å². The molecule has 0 aliphatic carbocycles. The first-order valence-corrected chi connectivity index (χ1v) is 12.3. The summed E-state index contributed by atoms with van der Waals surface area (Å²) in [6, 6.07) is 15.5. The number of benzene rings is 3. The standard InChI is InChI=1S/C28H27N3O8/c1-5-16-9-11-17(12-10-16)29-27(32)22-23(20-13-14-21(36-2)25(38-4)24(20)37-3)30(39-26(22)28(29)33)18-7-6-8-19(15-18)31(34)35/h6-15,22-23,26H,5H2,1-4H3/t22-,23+,26+/m0/s1. The highest BCUT2D eigenvalue weighted by Crippen LogP contribution is 2.52. The summed E-state index contributed by atoms with van der Waals surface area (Å²) in [5, 5.41) is 12.9. The number of ether oxygens (including phenoxy) is 3. The Hall–Kier alpha value is -4.64. The molecule has 0 saturated carbocycles. The molecule has 3 atom stereocenters. The lowest BCUT2D eigenvalue weighted by Crippen LogP contribution is -2.37. The summed E-state index contributed by atoms with van der Waals surface area (Å²) in [5.74, 6) is -0.969. The van der Waals surface area contributed by atoms with Gasteiger partial charge in [-0.15, -0.1) is 0 Å². The second-order valence-corrected chi connectivity index (χ2v) is 9.05. The van der Waals surface area contributed by atoms with Gasteiger partial charge in [0.05, 0.1) is 37.6 Å².